The van der Waals surface area contributed by atoms with E-state index in [0.29, 0.717) is 36.3 Å². The van der Waals surface area contributed by atoms with E-state index in [4.69, 9.17) is 63.8 Å². The van der Waals surface area contributed by atoms with Crippen molar-refractivity contribution in [2.45, 2.75) is 65.3 Å². The highest BCUT2D eigenvalue weighted by atomic mass is 124. The molecular formula is C37H70INO18. The summed E-state index contributed by atoms with van der Waals surface area (Å²) in [6.07, 6.45) is -1.68. The summed E-state index contributed by atoms with van der Waals surface area (Å²) in [5.41, 5.74) is 0.806. The Morgan fingerprint density at radius 2 is 1.07 bits per heavy atom. The Hall–Kier alpha value is -1.71. The van der Waals surface area contributed by atoms with Gasteiger partial charge in [-0.1, -0.05) is 33.8 Å². The normalized spacial score (nSPS) is 15.7. The molecule has 0 heterocycles. The van der Waals surface area contributed by atoms with Crippen LogP contribution in [0.4, 0.5) is 0 Å². The van der Waals surface area contributed by atoms with E-state index in [1.807, 2.05) is 50.3 Å². The van der Waals surface area contributed by atoms with E-state index in [1.54, 1.807) is 18.2 Å². The van der Waals surface area contributed by atoms with E-state index < -0.39 is 37.2 Å². The third-order valence-corrected chi connectivity index (χ3v) is 8.07. The highest BCUT2D eigenvalue weighted by molar-refractivity contribution is 14.1. The number of benzene rings is 1. The molecule has 0 radical (unpaired) electrons. The second-order valence-electron chi connectivity index (χ2n) is 12.9. The molecule has 9 atom stereocenters. The molecule has 9 unspecified atom stereocenters. The molecule has 0 aliphatic rings. The van der Waals surface area contributed by atoms with E-state index in [0.717, 1.165) is 5.56 Å². The monoisotopic (exact) mass is 940 g/mol. The van der Waals surface area contributed by atoms with Crippen LogP contribution in [-0.2, 0) is 53.9 Å². The van der Waals surface area contributed by atoms with E-state index >= 15 is 0 Å². The predicted molar refractivity (Wildman–Crippen MR) is 216 cm³/mol. The SMILES string of the molecule is COC(C=O)OCC(C)CO.COC(CNC(Cc1ccc(O)c([124I])c1)C(=O)O)OCC(C)CO.COC(CO)OCC(C)CO.COC(CO)OCC(C)CO. The number of carboxylic acids is 1. The topological polar surface area (TPSA) is 282 Å². The van der Waals surface area contributed by atoms with Gasteiger partial charge in [-0.05, 0) is 46.7 Å². The summed E-state index contributed by atoms with van der Waals surface area (Å²) in [5.74, 6) is -0.621. The van der Waals surface area contributed by atoms with Gasteiger partial charge in [0, 0.05) is 85.1 Å². The van der Waals surface area contributed by atoms with Gasteiger partial charge in [0.2, 0.25) is 6.29 Å². The number of nitrogens with one attached hydrogen (secondary N) is 1. The molecule has 0 aliphatic heterocycles. The molecule has 0 saturated heterocycles. The highest BCUT2D eigenvalue weighted by Crippen LogP contribution is 2.21. The average molecular weight is 941 g/mol. The number of aldehydes is 1. The third kappa shape index (κ3) is 33.8. The van der Waals surface area contributed by atoms with Crippen LogP contribution in [-0.4, -0.2) is 185 Å². The first-order valence-electron chi connectivity index (χ1n) is 18.2. The molecule has 0 aliphatic carbocycles. The van der Waals surface area contributed by atoms with Gasteiger partial charge in [0.15, 0.2) is 25.2 Å². The second kappa shape index (κ2) is 39.7. The molecule has 19 nitrogen and oxygen atoms in total. The molecule has 0 bridgehead atoms. The van der Waals surface area contributed by atoms with Crippen molar-refractivity contribution in [3.05, 3.63) is 27.3 Å². The molecule has 0 amide bonds. The number of hydrogen-bond donors (Lipinski definition) is 9. The number of carbonyl (C=O) groups excluding carboxylic acids is 1. The Morgan fingerprint density at radius 1 is 0.667 bits per heavy atom. The maximum absolute atomic E-state index is 11.4. The van der Waals surface area contributed by atoms with Crippen molar-refractivity contribution in [3.63, 3.8) is 0 Å². The molecule has 338 valence electrons. The fourth-order valence-electron chi connectivity index (χ4n) is 3.45. The molecule has 20 heteroatoms. The van der Waals surface area contributed by atoms with Crippen LogP contribution in [0.5, 0.6) is 5.75 Å². The number of halogens is 1. The molecule has 0 fully saturated rings. The summed E-state index contributed by atoms with van der Waals surface area (Å²) in [4.78, 5) is 21.6. The lowest BCUT2D eigenvalue weighted by atomic mass is 10.1. The maximum Gasteiger partial charge on any atom is 0.321 e. The fraction of sp³-hybridized carbons (Fsp3) is 0.784. The number of aromatic hydroxyl groups is 1. The summed E-state index contributed by atoms with van der Waals surface area (Å²) in [6, 6.07) is 4.19. The van der Waals surface area contributed by atoms with E-state index in [2.05, 4.69) is 10.1 Å². The van der Waals surface area contributed by atoms with Gasteiger partial charge in [-0.2, -0.15) is 0 Å². The number of hydrogen-bond acceptors (Lipinski definition) is 18. The number of aliphatic hydroxyl groups is 6. The number of ether oxygens (including phenoxy) is 8. The van der Waals surface area contributed by atoms with Crippen LogP contribution in [0.25, 0.3) is 0 Å². The van der Waals surface area contributed by atoms with Crippen molar-refractivity contribution < 1.29 is 88.3 Å². The van der Waals surface area contributed by atoms with Crippen LogP contribution in [0.2, 0.25) is 0 Å². The van der Waals surface area contributed by atoms with Gasteiger partial charge in [0.1, 0.15) is 11.8 Å². The number of rotatable bonds is 29. The average Bonchev–Trinajstić information content (AvgIpc) is 3.22. The van der Waals surface area contributed by atoms with Gasteiger partial charge in [0.25, 0.3) is 0 Å². The van der Waals surface area contributed by atoms with Gasteiger partial charge in [-0.3, -0.25) is 14.9 Å². The fourth-order valence-corrected chi connectivity index (χ4v) is 4.03. The van der Waals surface area contributed by atoms with Crippen LogP contribution in [0.1, 0.15) is 33.3 Å². The number of carboxylic acid groups (broad SMARTS) is 1. The Labute approximate surface area is 350 Å². The Morgan fingerprint density at radius 3 is 1.39 bits per heavy atom. The lowest BCUT2D eigenvalue weighted by molar-refractivity contribution is -0.154. The van der Waals surface area contributed by atoms with E-state index in [1.165, 1.54) is 28.4 Å². The molecule has 57 heavy (non-hydrogen) atoms. The highest BCUT2D eigenvalue weighted by Gasteiger charge is 2.20. The summed E-state index contributed by atoms with van der Waals surface area (Å²) in [5, 5.41) is 73.8. The van der Waals surface area contributed by atoms with Crippen LogP contribution in [0.15, 0.2) is 18.2 Å². The van der Waals surface area contributed by atoms with Crippen molar-refractivity contribution in [2.24, 2.45) is 23.7 Å². The first-order valence-corrected chi connectivity index (χ1v) is 19.3. The van der Waals surface area contributed by atoms with Gasteiger partial charge >= 0.3 is 5.97 Å². The number of phenolic OH excluding ortho intramolecular Hbond substituents is 1. The molecule has 1 rings (SSSR count). The quantitative estimate of drug-likeness (QED) is 0.0295. The lowest BCUT2D eigenvalue weighted by Crippen LogP contribution is -2.43. The molecule has 1 aromatic carbocycles. The van der Waals surface area contributed by atoms with E-state index in [9.17, 15) is 19.8 Å². The molecule has 1 aromatic rings. The van der Waals surface area contributed by atoms with Crippen molar-refractivity contribution >= 4 is 34.8 Å². The standard InChI is InChI=1S/C16H24INO6.2C7H16O4.C7H14O4/c1-10(8-19)9-24-15(23-2)7-18-13(16(21)22)6-11-3-4-14(20)12(17)5-11;3*1-6(3-8)5-11-7(4-9)10-2/h3-5,10,13,15,18-20H,6-9H2,1-2H3,(H,21,22);2*6-9H,3-5H2,1-2H3;4,6-8H,3,5H2,1-2H3/i17-3;;;. The summed E-state index contributed by atoms with van der Waals surface area (Å²) in [6.45, 7) is 8.94. The number of carbonyl (C=O) groups is 2. The number of aliphatic carboxylic acids is 1. The minimum Gasteiger partial charge on any atom is -0.507 e. The van der Waals surface area contributed by atoms with Crippen LogP contribution >= 0.6 is 22.6 Å². The van der Waals surface area contributed by atoms with Crippen LogP contribution in [0, 0.1) is 27.2 Å². The molecule has 0 saturated carbocycles. The summed E-state index contributed by atoms with van der Waals surface area (Å²) < 4.78 is 40.5. The zero-order valence-electron chi connectivity index (χ0n) is 34.5. The Bertz CT molecular complexity index is 1050. The second-order valence-corrected chi connectivity index (χ2v) is 14.0. The minimum atomic E-state index is -0.975. The van der Waals surface area contributed by atoms with Gasteiger partial charge in [-0.15, -0.1) is 0 Å². The first-order chi connectivity index (χ1) is 27.1. The predicted octanol–water partition coefficient (Wildman–Crippen LogP) is 0.195. The van der Waals surface area contributed by atoms with Crippen molar-refractivity contribution in [1.29, 1.82) is 0 Å². The summed E-state index contributed by atoms with van der Waals surface area (Å²) >= 11 is 1.99. The van der Waals surface area contributed by atoms with Gasteiger partial charge in [0.05, 0.1) is 43.2 Å². The Balaban J connectivity index is -0.000000745. The zero-order valence-corrected chi connectivity index (χ0v) is 36.7. The number of phenols is 1. The maximum atomic E-state index is 11.4. The van der Waals surface area contributed by atoms with Crippen molar-refractivity contribution in [1.82, 2.24) is 5.32 Å². The molecule has 9 N–H and O–H groups in total. The lowest BCUT2D eigenvalue weighted by Gasteiger charge is -2.21. The van der Waals surface area contributed by atoms with Crippen molar-refractivity contribution in [2.75, 3.05) is 101 Å². The van der Waals surface area contributed by atoms with Crippen molar-refractivity contribution in [3.8, 4) is 5.75 Å². The first kappa shape index (κ1) is 59.6. The number of methoxy groups -OCH3 is 4. The largest absolute Gasteiger partial charge is 0.507 e. The van der Waals surface area contributed by atoms with Gasteiger partial charge in [-0.25, -0.2) is 0 Å². The summed E-state index contributed by atoms with van der Waals surface area (Å²) in [7, 11) is 5.80. The molecular weight excluding hydrogens is 870 g/mol. The van der Waals surface area contributed by atoms with E-state index in [-0.39, 0.29) is 82.0 Å². The molecule has 0 spiro atoms. The minimum absolute atomic E-state index is 0.0150. The smallest absolute Gasteiger partial charge is 0.321 e. The van der Waals surface area contributed by atoms with Gasteiger partial charge < -0.3 is 78.7 Å². The molecule has 0 aromatic heterocycles. The number of aliphatic hydroxyl groups excluding tert-OH is 6. The van der Waals surface area contributed by atoms with Crippen LogP contribution < -0.4 is 5.32 Å². The Kier molecular flexibility index (Phi) is 41.5. The zero-order chi connectivity index (χ0) is 44.2. The van der Waals surface area contributed by atoms with Crippen LogP contribution in [0.3, 0.4) is 0 Å². The third-order valence-electron chi connectivity index (χ3n) is 7.20.